The summed E-state index contributed by atoms with van der Waals surface area (Å²) in [6.45, 7) is 0. The predicted octanol–water partition coefficient (Wildman–Crippen LogP) is 2.98. The second-order valence-corrected chi connectivity index (χ2v) is 5.18. The number of thioether (sulfide) groups is 1. The minimum absolute atomic E-state index is 0.0773. The Bertz CT molecular complexity index is 538. The van der Waals surface area contributed by atoms with E-state index in [9.17, 15) is 18.0 Å². The highest BCUT2D eigenvalue weighted by Gasteiger charge is 2.27. The van der Waals surface area contributed by atoms with Crippen molar-refractivity contribution in [3.05, 3.63) is 18.2 Å². The summed E-state index contributed by atoms with van der Waals surface area (Å²) in [6, 6.07) is 4.33. The highest BCUT2D eigenvalue weighted by molar-refractivity contribution is 7.99. The van der Waals surface area contributed by atoms with E-state index in [2.05, 4.69) is 15.4 Å². The maximum absolute atomic E-state index is 12.2. The minimum Gasteiger partial charge on any atom is -0.453 e. The highest BCUT2D eigenvalue weighted by atomic mass is 32.2. The lowest BCUT2D eigenvalue weighted by molar-refractivity contribution is -0.105. The number of nitrogen functional groups attached to an aromatic ring is 1. The monoisotopic (exact) mass is 339 g/mol. The number of anilines is 2. The molecule has 0 aliphatic rings. The number of thiocarbonyl (C=S) groups is 1. The molecule has 21 heavy (non-hydrogen) atoms. The van der Waals surface area contributed by atoms with Gasteiger partial charge in [0.05, 0.1) is 24.2 Å². The molecule has 1 amide bonds. The molecule has 0 fully saturated rings. The number of carbonyl (C=O) groups is 1. The van der Waals surface area contributed by atoms with Gasteiger partial charge in [-0.15, -0.1) is 11.8 Å². The number of benzene rings is 1. The average Bonchev–Trinajstić information content (AvgIpc) is 2.38. The van der Waals surface area contributed by atoms with E-state index in [-0.39, 0.29) is 10.8 Å². The van der Waals surface area contributed by atoms with E-state index in [1.165, 1.54) is 25.3 Å². The summed E-state index contributed by atoms with van der Waals surface area (Å²) in [4.78, 5) is 11.3. The first-order valence-electron chi connectivity index (χ1n) is 5.46. The molecule has 10 heteroatoms. The highest BCUT2D eigenvalue weighted by Crippen LogP contribution is 2.30. The second kappa shape index (κ2) is 7.36. The van der Waals surface area contributed by atoms with Crippen LogP contribution >= 0.6 is 24.0 Å². The molecule has 116 valence electrons. The molecule has 0 aliphatic carbocycles. The summed E-state index contributed by atoms with van der Waals surface area (Å²) < 4.78 is 40.9. The fraction of sp³-hybridized carbons (Fsp3) is 0.273. The lowest BCUT2D eigenvalue weighted by Crippen LogP contribution is -2.34. The molecule has 0 spiro atoms. The SMILES string of the molecule is COC(=O)NC(=S)Nc1cc(SCC(F)(F)F)ccc1N. The van der Waals surface area contributed by atoms with Gasteiger partial charge in [0.15, 0.2) is 5.11 Å². The van der Waals surface area contributed by atoms with Gasteiger partial charge in [0.2, 0.25) is 0 Å². The fourth-order valence-electron chi connectivity index (χ4n) is 1.20. The Morgan fingerprint density at radius 2 is 2.14 bits per heavy atom. The summed E-state index contributed by atoms with van der Waals surface area (Å²) >= 11 is 5.46. The number of ether oxygens (including phenoxy) is 1. The molecule has 0 unspecified atom stereocenters. The molecular formula is C11H12F3N3O2S2. The van der Waals surface area contributed by atoms with Gasteiger partial charge in [-0.3, -0.25) is 5.32 Å². The number of nitrogens with one attached hydrogen (secondary N) is 2. The summed E-state index contributed by atoms with van der Waals surface area (Å²) in [7, 11) is 1.17. The molecule has 0 saturated heterocycles. The standard InChI is InChI=1S/C11H12F3N3O2S2/c1-19-10(18)17-9(20)16-8-4-6(2-3-7(8)15)21-5-11(12,13)14/h2-4H,5,15H2,1H3,(H2,16,17,18,20). The molecule has 0 saturated carbocycles. The number of hydrogen-bond donors (Lipinski definition) is 3. The van der Waals surface area contributed by atoms with Crippen LogP contribution in [0.1, 0.15) is 0 Å². The van der Waals surface area contributed by atoms with Crippen LogP contribution in [0.25, 0.3) is 0 Å². The normalized spacial score (nSPS) is 10.9. The third-order valence-electron chi connectivity index (χ3n) is 2.08. The van der Waals surface area contributed by atoms with Crippen LogP contribution in [-0.4, -0.2) is 30.2 Å². The van der Waals surface area contributed by atoms with Crippen molar-refractivity contribution in [1.29, 1.82) is 0 Å². The van der Waals surface area contributed by atoms with Gasteiger partial charge in [-0.2, -0.15) is 13.2 Å². The van der Waals surface area contributed by atoms with Crippen LogP contribution in [0.2, 0.25) is 0 Å². The molecule has 1 aromatic rings. The van der Waals surface area contributed by atoms with Gasteiger partial charge in [0, 0.05) is 4.90 Å². The molecule has 0 heterocycles. The van der Waals surface area contributed by atoms with Crippen molar-refractivity contribution in [1.82, 2.24) is 5.32 Å². The van der Waals surface area contributed by atoms with Crippen LogP contribution < -0.4 is 16.4 Å². The number of methoxy groups -OCH3 is 1. The van der Waals surface area contributed by atoms with Crippen molar-refractivity contribution >= 4 is 46.6 Å². The number of halogens is 3. The summed E-state index contributed by atoms with van der Waals surface area (Å²) in [5.74, 6) is -1.01. The van der Waals surface area contributed by atoms with E-state index in [1.807, 2.05) is 0 Å². The first kappa shape index (κ1) is 17.4. The lowest BCUT2D eigenvalue weighted by atomic mass is 10.3. The quantitative estimate of drug-likeness (QED) is 0.446. The Kier molecular flexibility index (Phi) is 6.09. The van der Waals surface area contributed by atoms with E-state index in [0.29, 0.717) is 22.3 Å². The van der Waals surface area contributed by atoms with Crippen molar-refractivity contribution in [3.8, 4) is 0 Å². The van der Waals surface area contributed by atoms with Crippen molar-refractivity contribution in [3.63, 3.8) is 0 Å². The number of alkyl halides is 3. The average molecular weight is 339 g/mol. The van der Waals surface area contributed by atoms with Crippen LogP contribution in [0.15, 0.2) is 23.1 Å². The van der Waals surface area contributed by atoms with E-state index in [0.717, 1.165) is 0 Å². The van der Waals surface area contributed by atoms with Gasteiger partial charge in [0.25, 0.3) is 0 Å². The number of amides is 1. The Balaban J connectivity index is 2.73. The number of carbonyl (C=O) groups excluding carboxylic acids is 1. The van der Waals surface area contributed by atoms with Crippen LogP contribution in [-0.2, 0) is 4.74 Å². The Labute approximate surface area is 128 Å². The molecular weight excluding hydrogens is 327 g/mol. The molecule has 1 rings (SSSR count). The van der Waals surface area contributed by atoms with Crippen molar-refractivity contribution in [2.24, 2.45) is 0 Å². The molecule has 1 aromatic carbocycles. The Morgan fingerprint density at radius 3 is 2.71 bits per heavy atom. The van der Waals surface area contributed by atoms with Crippen LogP contribution in [0.4, 0.5) is 29.3 Å². The second-order valence-electron chi connectivity index (χ2n) is 3.72. The zero-order valence-electron chi connectivity index (χ0n) is 10.8. The number of rotatable bonds is 3. The third kappa shape index (κ3) is 6.54. The first-order valence-corrected chi connectivity index (χ1v) is 6.85. The van der Waals surface area contributed by atoms with E-state index in [1.54, 1.807) is 0 Å². The van der Waals surface area contributed by atoms with Crippen molar-refractivity contribution in [2.45, 2.75) is 11.1 Å². The largest absolute Gasteiger partial charge is 0.453 e. The van der Waals surface area contributed by atoms with Gasteiger partial charge < -0.3 is 15.8 Å². The van der Waals surface area contributed by atoms with Crippen LogP contribution in [0.5, 0.6) is 0 Å². The molecule has 0 aliphatic heterocycles. The first-order chi connectivity index (χ1) is 9.71. The smallest absolute Gasteiger partial charge is 0.413 e. The number of hydrogen-bond acceptors (Lipinski definition) is 5. The summed E-state index contributed by atoms with van der Waals surface area (Å²) in [5, 5.41) is 4.73. The Morgan fingerprint density at radius 1 is 1.48 bits per heavy atom. The summed E-state index contributed by atoms with van der Waals surface area (Å²) in [6.07, 6.45) is -5.03. The maximum atomic E-state index is 12.2. The maximum Gasteiger partial charge on any atom is 0.413 e. The van der Waals surface area contributed by atoms with Crippen LogP contribution in [0, 0.1) is 0 Å². The zero-order chi connectivity index (χ0) is 16.0. The molecule has 0 radical (unpaired) electrons. The molecule has 0 aromatic heterocycles. The van der Waals surface area contributed by atoms with Gasteiger partial charge in [-0.1, -0.05) is 0 Å². The molecule has 0 atom stereocenters. The van der Waals surface area contributed by atoms with Gasteiger partial charge in [-0.05, 0) is 30.4 Å². The van der Waals surface area contributed by atoms with Crippen LogP contribution in [0.3, 0.4) is 0 Å². The predicted molar refractivity (Wildman–Crippen MR) is 79.4 cm³/mol. The number of nitrogens with two attached hydrogens (primary N) is 1. The summed E-state index contributed by atoms with van der Waals surface area (Å²) in [5.41, 5.74) is 6.26. The van der Waals surface area contributed by atoms with E-state index in [4.69, 9.17) is 18.0 Å². The van der Waals surface area contributed by atoms with E-state index >= 15 is 0 Å². The van der Waals surface area contributed by atoms with Gasteiger partial charge >= 0.3 is 12.3 Å². The van der Waals surface area contributed by atoms with Gasteiger partial charge in [0.1, 0.15) is 0 Å². The van der Waals surface area contributed by atoms with Crippen molar-refractivity contribution < 1.29 is 22.7 Å². The van der Waals surface area contributed by atoms with E-state index < -0.39 is 18.0 Å². The lowest BCUT2D eigenvalue weighted by Gasteiger charge is -2.12. The minimum atomic E-state index is -4.26. The molecule has 4 N–H and O–H groups in total. The van der Waals surface area contributed by atoms with Crippen molar-refractivity contribution in [2.75, 3.05) is 23.9 Å². The topological polar surface area (TPSA) is 76.4 Å². The molecule has 5 nitrogen and oxygen atoms in total. The zero-order valence-corrected chi connectivity index (χ0v) is 12.4. The third-order valence-corrected chi connectivity index (χ3v) is 3.34. The fourth-order valence-corrected chi connectivity index (χ4v) is 2.08. The van der Waals surface area contributed by atoms with Gasteiger partial charge in [-0.25, -0.2) is 4.79 Å². The number of alkyl carbamates (subject to hydrolysis) is 1. The Hall–Kier alpha value is -1.68. The molecule has 0 bridgehead atoms.